The average molecular weight is 592 g/mol. The summed E-state index contributed by atoms with van der Waals surface area (Å²) < 4.78 is 0. The number of benzene rings is 2. The minimum absolute atomic E-state index is 0.0629. The Bertz CT molecular complexity index is 1150. The first-order valence-corrected chi connectivity index (χ1v) is 14.7. The number of halogens is 2. The van der Waals surface area contributed by atoms with E-state index in [9.17, 15) is 25.0 Å². The van der Waals surface area contributed by atoms with E-state index in [1.165, 1.54) is 24.3 Å². The lowest BCUT2D eigenvalue weighted by Gasteiger charge is -2.41. The fraction of sp³-hybridized carbons (Fsp3) is 0.552. The number of Topliss-reactive ketones (excluding diaryl/α,β-unsaturated/α-hetero) is 1. The first-order valence-electron chi connectivity index (χ1n) is 13.9. The first-order chi connectivity index (χ1) is 19.0. The molecule has 216 valence electrons. The van der Waals surface area contributed by atoms with Crippen LogP contribution in [-0.2, 0) is 17.6 Å². The van der Waals surface area contributed by atoms with Gasteiger partial charge in [-0.15, -0.1) is 0 Å². The van der Waals surface area contributed by atoms with Gasteiger partial charge in [-0.3, -0.25) is 34.8 Å². The number of hydrogen-bond donors (Lipinski definition) is 0. The van der Waals surface area contributed by atoms with Gasteiger partial charge in [-0.1, -0.05) is 49.2 Å². The van der Waals surface area contributed by atoms with Gasteiger partial charge in [0.2, 0.25) is 0 Å². The van der Waals surface area contributed by atoms with Crippen LogP contribution in [0.3, 0.4) is 0 Å². The minimum atomic E-state index is -0.481. The van der Waals surface area contributed by atoms with Gasteiger partial charge < -0.3 is 0 Å². The summed E-state index contributed by atoms with van der Waals surface area (Å²) in [5, 5.41) is 23.1. The van der Waals surface area contributed by atoms with Crippen molar-refractivity contribution >= 4 is 40.4 Å². The molecule has 0 bridgehead atoms. The maximum Gasteiger partial charge on any atom is 0.270 e. The summed E-state index contributed by atoms with van der Waals surface area (Å²) in [5.41, 5.74) is 1.22. The molecule has 2 aromatic carbocycles. The highest BCUT2D eigenvalue weighted by Gasteiger charge is 2.38. The molecule has 2 aliphatic rings. The Kier molecular flexibility index (Phi) is 10.2. The summed E-state index contributed by atoms with van der Waals surface area (Å²) >= 11 is 13.0. The van der Waals surface area contributed by atoms with Crippen molar-refractivity contribution in [3.63, 3.8) is 0 Å². The Morgan fingerprint density at radius 1 is 0.775 bits per heavy atom. The SMILES string of the molecule is CC1CCN(C(Cc2ccc([N+](=O)[O-])cc2Cl)C(=O)C(Cc2ccc([N+](=O)[O-])cc2Cl)N2CCC(C)CC2)CC1. The molecule has 0 amide bonds. The van der Waals surface area contributed by atoms with Crippen molar-refractivity contribution in [1.29, 1.82) is 0 Å². The quantitative estimate of drug-likeness (QED) is 0.233. The summed E-state index contributed by atoms with van der Waals surface area (Å²) in [4.78, 5) is 40.6. The van der Waals surface area contributed by atoms with Crippen molar-refractivity contribution in [2.45, 2.75) is 64.5 Å². The molecule has 2 atom stereocenters. The summed E-state index contributed by atoms with van der Waals surface area (Å²) in [5.74, 6) is 1.22. The number of carbonyl (C=O) groups is 1. The molecule has 0 N–H and O–H groups in total. The summed E-state index contributed by atoms with van der Waals surface area (Å²) in [6, 6.07) is 7.92. The van der Waals surface area contributed by atoms with Crippen molar-refractivity contribution < 1.29 is 14.6 Å². The number of carbonyl (C=O) groups excluding carboxylic acids is 1. The van der Waals surface area contributed by atoms with E-state index in [0.717, 1.165) is 51.9 Å². The number of piperidine rings is 2. The first kappa shape index (κ1) is 30.4. The molecule has 0 saturated carbocycles. The van der Waals surface area contributed by atoms with Gasteiger partial charge in [0.25, 0.3) is 11.4 Å². The lowest BCUT2D eigenvalue weighted by Crippen LogP contribution is -2.55. The Morgan fingerprint density at radius 2 is 1.12 bits per heavy atom. The average Bonchev–Trinajstić information content (AvgIpc) is 2.92. The van der Waals surface area contributed by atoms with Crippen molar-refractivity contribution in [2.24, 2.45) is 11.8 Å². The number of nitro benzene ring substituents is 2. The van der Waals surface area contributed by atoms with Crippen molar-refractivity contribution in [2.75, 3.05) is 26.2 Å². The lowest BCUT2D eigenvalue weighted by molar-refractivity contribution is -0.385. The second-order valence-electron chi connectivity index (χ2n) is 11.3. The molecule has 0 aliphatic carbocycles. The van der Waals surface area contributed by atoms with Gasteiger partial charge in [-0.25, -0.2) is 0 Å². The van der Waals surface area contributed by atoms with E-state index >= 15 is 0 Å². The van der Waals surface area contributed by atoms with Crippen molar-refractivity contribution in [1.82, 2.24) is 9.80 Å². The van der Waals surface area contributed by atoms with E-state index in [4.69, 9.17) is 23.2 Å². The lowest BCUT2D eigenvalue weighted by atomic mass is 9.88. The van der Waals surface area contributed by atoms with Gasteiger partial charge in [-0.2, -0.15) is 0 Å². The zero-order valence-corrected chi connectivity index (χ0v) is 24.4. The fourth-order valence-electron chi connectivity index (χ4n) is 5.77. The van der Waals surface area contributed by atoms with Gasteiger partial charge in [0.05, 0.1) is 32.0 Å². The number of rotatable bonds is 10. The predicted molar refractivity (Wildman–Crippen MR) is 156 cm³/mol. The van der Waals surface area contributed by atoms with Gasteiger partial charge in [0.15, 0.2) is 5.78 Å². The summed E-state index contributed by atoms with van der Waals surface area (Å²) in [6.45, 7) is 7.56. The third-order valence-electron chi connectivity index (χ3n) is 8.50. The topological polar surface area (TPSA) is 110 Å². The molecule has 40 heavy (non-hydrogen) atoms. The molecule has 2 aliphatic heterocycles. The highest BCUT2D eigenvalue weighted by molar-refractivity contribution is 6.32. The van der Waals surface area contributed by atoms with Crippen molar-refractivity contribution in [3.8, 4) is 0 Å². The van der Waals surface area contributed by atoms with Crippen LogP contribution in [0.4, 0.5) is 11.4 Å². The largest absolute Gasteiger partial charge is 0.296 e. The van der Waals surface area contributed by atoms with Crippen LogP contribution in [0.25, 0.3) is 0 Å². The number of hydrogen-bond acceptors (Lipinski definition) is 7. The predicted octanol–water partition coefficient (Wildman–Crippen LogP) is 6.37. The van der Waals surface area contributed by atoms with Gasteiger partial charge in [0, 0.05) is 24.3 Å². The van der Waals surface area contributed by atoms with Crippen LogP contribution >= 0.6 is 23.2 Å². The Morgan fingerprint density at radius 3 is 1.43 bits per heavy atom. The Hall–Kier alpha value is -2.59. The van der Waals surface area contributed by atoms with E-state index in [0.29, 0.717) is 35.8 Å². The molecule has 2 fully saturated rings. The normalized spacial score (nSPS) is 19.3. The van der Waals surface area contributed by atoms with Crippen LogP contribution in [0.5, 0.6) is 0 Å². The van der Waals surface area contributed by atoms with E-state index in [1.54, 1.807) is 12.1 Å². The molecular formula is C29H36Cl2N4O5. The molecule has 2 aromatic rings. The van der Waals surface area contributed by atoms with Gasteiger partial charge in [0.1, 0.15) is 0 Å². The molecule has 2 saturated heterocycles. The van der Waals surface area contributed by atoms with Crippen LogP contribution in [0.2, 0.25) is 10.0 Å². The highest BCUT2D eigenvalue weighted by Crippen LogP contribution is 2.31. The van der Waals surface area contributed by atoms with Crippen molar-refractivity contribution in [3.05, 3.63) is 77.8 Å². The molecule has 11 heteroatoms. The molecule has 2 heterocycles. The van der Waals surface area contributed by atoms with E-state index in [1.807, 2.05) is 0 Å². The Labute approximate surface area is 244 Å². The smallest absolute Gasteiger partial charge is 0.270 e. The molecular weight excluding hydrogens is 555 g/mol. The summed E-state index contributed by atoms with van der Waals surface area (Å²) in [7, 11) is 0. The zero-order valence-electron chi connectivity index (χ0n) is 22.9. The molecule has 9 nitrogen and oxygen atoms in total. The van der Waals surface area contributed by atoms with Gasteiger partial charge >= 0.3 is 0 Å². The minimum Gasteiger partial charge on any atom is -0.296 e. The number of non-ortho nitro benzene ring substituents is 2. The highest BCUT2D eigenvalue weighted by atomic mass is 35.5. The molecule has 2 unspecified atom stereocenters. The fourth-order valence-corrected chi connectivity index (χ4v) is 6.27. The third kappa shape index (κ3) is 7.37. The van der Waals surface area contributed by atoms with Crippen LogP contribution < -0.4 is 0 Å². The monoisotopic (exact) mass is 590 g/mol. The van der Waals surface area contributed by atoms with Crippen LogP contribution in [-0.4, -0.2) is 63.7 Å². The number of likely N-dealkylation sites (tertiary alicyclic amines) is 2. The van der Waals surface area contributed by atoms with Crippen LogP contribution in [0.1, 0.15) is 50.7 Å². The van der Waals surface area contributed by atoms with E-state index < -0.39 is 21.9 Å². The van der Waals surface area contributed by atoms with Crippen LogP contribution in [0.15, 0.2) is 36.4 Å². The van der Waals surface area contributed by atoms with Gasteiger partial charge in [-0.05, 0) is 87.7 Å². The molecule has 4 rings (SSSR count). The molecule has 0 aromatic heterocycles. The maximum atomic E-state index is 14.6. The summed E-state index contributed by atoms with van der Waals surface area (Å²) in [6.07, 6.45) is 4.63. The molecule has 0 radical (unpaired) electrons. The standard InChI is InChI=1S/C29H36Cl2N4O5/c1-19-7-11-32(12-8-19)27(15-21-3-5-23(34(37)38)17-25(21)30)29(36)28(33-13-9-20(2)10-14-33)16-22-4-6-24(35(39)40)18-26(22)31/h3-6,17-20,27-28H,7-16H2,1-2H3. The third-order valence-corrected chi connectivity index (χ3v) is 9.20. The zero-order chi connectivity index (χ0) is 29.0. The van der Waals surface area contributed by atoms with E-state index in [-0.39, 0.29) is 27.2 Å². The Balaban J connectivity index is 1.68. The second kappa shape index (κ2) is 13.4. The number of ketones is 1. The number of nitro groups is 2. The molecule has 0 spiro atoms. The van der Waals surface area contributed by atoms with E-state index in [2.05, 4.69) is 23.6 Å². The number of nitrogens with zero attached hydrogens (tertiary/aromatic N) is 4. The van der Waals surface area contributed by atoms with Crippen LogP contribution in [0, 0.1) is 32.1 Å². The second-order valence-corrected chi connectivity index (χ2v) is 12.2. The maximum absolute atomic E-state index is 14.6.